The minimum atomic E-state index is -3.60. The van der Waals surface area contributed by atoms with Crippen LogP contribution in [0.15, 0.2) is 52.3 Å². The molecule has 2 aromatic rings. The summed E-state index contributed by atoms with van der Waals surface area (Å²) in [5, 5.41) is 3.17. The molecule has 134 valence electrons. The van der Waals surface area contributed by atoms with Gasteiger partial charge in [-0.15, -0.1) is 0 Å². The Morgan fingerprint density at radius 3 is 2.16 bits per heavy atom. The number of halogens is 1. The van der Waals surface area contributed by atoms with Crippen LogP contribution in [0.1, 0.15) is 17.9 Å². The largest absolute Gasteiger partial charge is 0.381 e. The number of anilines is 1. The van der Waals surface area contributed by atoms with Crippen LogP contribution in [0.5, 0.6) is 0 Å². The normalized spacial score (nSPS) is 20.3. The van der Waals surface area contributed by atoms with E-state index in [0.717, 1.165) is 24.5 Å². The van der Waals surface area contributed by atoms with E-state index in [0.29, 0.717) is 5.69 Å². The van der Waals surface area contributed by atoms with Gasteiger partial charge < -0.3 is 5.32 Å². The fourth-order valence-corrected chi connectivity index (χ4v) is 4.38. The summed E-state index contributed by atoms with van der Waals surface area (Å²) < 4.78 is 60.4. The molecule has 0 radical (unpaired) electrons. The smallest absolute Gasteiger partial charge is 0.177 e. The van der Waals surface area contributed by atoms with Crippen molar-refractivity contribution in [2.24, 2.45) is 0 Å². The fourth-order valence-electron chi connectivity index (χ4n) is 2.79. The molecule has 0 unspecified atom stereocenters. The Morgan fingerprint density at radius 2 is 1.60 bits per heavy atom. The van der Waals surface area contributed by atoms with Crippen LogP contribution in [0, 0.1) is 5.82 Å². The Balaban J connectivity index is 1.87. The van der Waals surface area contributed by atoms with E-state index < -0.39 is 19.7 Å². The summed E-state index contributed by atoms with van der Waals surface area (Å²) in [5.74, 6) is -0.132. The van der Waals surface area contributed by atoms with Crippen molar-refractivity contribution in [3.05, 3.63) is 53.8 Å². The maximum atomic E-state index is 13.0. The lowest BCUT2D eigenvalue weighted by Crippen LogP contribution is -2.10. The van der Waals surface area contributed by atoms with Gasteiger partial charge in [0.2, 0.25) is 0 Å². The summed E-state index contributed by atoms with van der Waals surface area (Å²) in [6, 6.07) is 10.3. The zero-order valence-corrected chi connectivity index (χ0v) is 15.4. The van der Waals surface area contributed by atoms with Crippen molar-refractivity contribution in [1.82, 2.24) is 0 Å². The van der Waals surface area contributed by atoms with Crippen LogP contribution in [0.2, 0.25) is 0 Å². The number of hydrogen-bond donors (Lipinski definition) is 1. The molecule has 0 heterocycles. The third kappa shape index (κ3) is 4.01. The minimum absolute atomic E-state index is 0.0232. The molecule has 1 N–H and O–H groups in total. The van der Waals surface area contributed by atoms with Gasteiger partial charge in [-0.05, 0) is 42.3 Å². The van der Waals surface area contributed by atoms with Crippen molar-refractivity contribution in [3.8, 4) is 0 Å². The van der Waals surface area contributed by atoms with Gasteiger partial charge >= 0.3 is 0 Å². The molecule has 0 saturated heterocycles. The Hall–Kier alpha value is -1.93. The SMILES string of the molecule is CS(=O)(=O)c1ccc(N[C@@H]2C[C@H]2c2ccc(F)cc2)c(S(C)(=O)=O)c1. The molecule has 3 rings (SSSR count). The van der Waals surface area contributed by atoms with Crippen LogP contribution < -0.4 is 5.32 Å². The molecule has 5 nitrogen and oxygen atoms in total. The van der Waals surface area contributed by atoms with E-state index in [-0.39, 0.29) is 27.6 Å². The number of benzene rings is 2. The zero-order chi connectivity index (χ0) is 18.4. The first-order valence-electron chi connectivity index (χ1n) is 7.62. The van der Waals surface area contributed by atoms with Gasteiger partial charge in [0.05, 0.1) is 15.5 Å². The van der Waals surface area contributed by atoms with Crippen molar-refractivity contribution in [2.45, 2.75) is 28.2 Å². The first-order valence-corrected chi connectivity index (χ1v) is 11.4. The topological polar surface area (TPSA) is 80.3 Å². The predicted molar refractivity (Wildman–Crippen MR) is 93.8 cm³/mol. The third-order valence-corrected chi connectivity index (χ3v) is 6.46. The monoisotopic (exact) mass is 383 g/mol. The first kappa shape index (κ1) is 17.9. The van der Waals surface area contributed by atoms with E-state index in [1.165, 1.54) is 30.3 Å². The summed E-state index contributed by atoms with van der Waals surface area (Å²) in [4.78, 5) is -0.0791. The molecule has 0 amide bonds. The maximum Gasteiger partial charge on any atom is 0.177 e. The summed E-state index contributed by atoms with van der Waals surface area (Å²) in [6.45, 7) is 0. The van der Waals surface area contributed by atoms with E-state index in [2.05, 4.69) is 5.32 Å². The van der Waals surface area contributed by atoms with E-state index in [4.69, 9.17) is 0 Å². The number of sulfone groups is 2. The lowest BCUT2D eigenvalue weighted by atomic mass is 10.1. The summed E-state index contributed by atoms with van der Waals surface area (Å²) in [6.07, 6.45) is 2.87. The molecule has 0 aromatic heterocycles. The third-order valence-electron chi connectivity index (χ3n) is 4.21. The van der Waals surface area contributed by atoms with Crippen LogP contribution >= 0.6 is 0 Å². The molecule has 0 bridgehead atoms. The molecule has 1 aliphatic carbocycles. The van der Waals surface area contributed by atoms with Gasteiger partial charge in [0.25, 0.3) is 0 Å². The Labute approximate surface area is 146 Å². The second-order valence-electron chi connectivity index (χ2n) is 6.35. The fraction of sp³-hybridized carbons (Fsp3) is 0.294. The Morgan fingerprint density at radius 1 is 0.960 bits per heavy atom. The molecule has 1 fully saturated rings. The van der Waals surface area contributed by atoms with Gasteiger partial charge in [0.15, 0.2) is 19.7 Å². The van der Waals surface area contributed by atoms with Crippen LogP contribution in [0.25, 0.3) is 0 Å². The van der Waals surface area contributed by atoms with Crippen molar-refractivity contribution < 1.29 is 21.2 Å². The highest BCUT2D eigenvalue weighted by Gasteiger charge is 2.39. The van der Waals surface area contributed by atoms with E-state index in [1.807, 2.05) is 0 Å². The van der Waals surface area contributed by atoms with Crippen molar-refractivity contribution in [3.63, 3.8) is 0 Å². The summed E-state index contributed by atoms with van der Waals surface area (Å²) in [7, 11) is -7.10. The highest BCUT2D eigenvalue weighted by Crippen LogP contribution is 2.43. The number of rotatable bonds is 5. The van der Waals surface area contributed by atoms with Crippen LogP contribution in [0.3, 0.4) is 0 Å². The lowest BCUT2D eigenvalue weighted by molar-refractivity contribution is 0.600. The second-order valence-corrected chi connectivity index (χ2v) is 10.3. The Kier molecular flexibility index (Phi) is 4.36. The summed E-state index contributed by atoms with van der Waals surface area (Å²) in [5.41, 5.74) is 1.36. The summed E-state index contributed by atoms with van der Waals surface area (Å²) >= 11 is 0. The molecule has 2 aromatic carbocycles. The molecular formula is C17H18FNO4S2. The zero-order valence-electron chi connectivity index (χ0n) is 13.7. The van der Waals surface area contributed by atoms with Crippen LogP contribution in [-0.2, 0) is 19.7 Å². The van der Waals surface area contributed by atoms with E-state index in [9.17, 15) is 21.2 Å². The van der Waals surface area contributed by atoms with Gasteiger partial charge in [0, 0.05) is 24.5 Å². The van der Waals surface area contributed by atoms with E-state index in [1.54, 1.807) is 12.1 Å². The minimum Gasteiger partial charge on any atom is -0.381 e. The molecule has 1 saturated carbocycles. The first-order chi connectivity index (χ1) is 11.6. The second kappa shape index (κ2) is 6.10. The predicted octanol–water partition coefficient (Wildman–Crippen LogP) is 2.60. The van der Waals surface area contributed by atoms with Gasteiger partial charge in [-0.3, -0.25) is 0 Å². The number of hydrogen-bond acceptors (Lipinski definition) is 5. The van der Waals surface area contributed by atoms with Gasteiger partial charge in [-0.25, -0.2) is 21.2 Å². The van der Waals surface area contributed by atoms with Gasteiger partial charge in [-0.2, -0.15) is 0 Å². The maximum absolute atomic E-state index is 13.0. The highest BCUT2D eigenvalue weighted by molar-refractivity contribution is 7.91. The number of nitrogens with one attached hydrogen (secondary N) is 1. The van der Waals surface area contributed by atoms with Crippen molar-refractivity contribution in [1.29, 1.82) is 0 Å². The quantitative estimate of drug-likeness (QED) is 0.858. The molecular weight excluding hydrogens is 365 g/mol. The lowest BCUT2D eigenvalue weighted by Gasteiger charge is -2.12. The van der Waals surface area contributed by atoms with Gasteiger partial charge in [0.1, 0.15) is 5.82 Å². The average molecular weight is 383 g/mol. The molecule has 8 heteroatoms. The molecule has 25 heavy (non-hydrogen) atoms. The molecule has 0 spiro atoms. The highest BCUT2D eigenvalue weighted by atomic mass is 32.2. The standard InChI is InChI=1S/C17H18FNO4S2/c1-24(20,21)13-7-8-15(17(9-13)25(2,22)23)19-16-10-14(16)11-3-5-12(18)6-4-11/h3-9,14,16,19H,10H2,1-2H3/t14-,16+/m0/s1. The van der Waals surface area contributed by atoms with E-state index >= 15 is 0 Å². The average Bonchev–Trinajstić information content (AvgIpc) is 3.25. The van der Waals surface area contributed by atoms with Crippen molar-refractivity contribution >= 4 is 25.4 Å². The molecule has 2 atom stereocenters. The Bertz CT molecular complexity index is 1020. The van der Waals surface area contributed by atoms with Crippen LogP contribution in [-0.4, -0.2) is 35.4 Å². The van der Waals surface area contributed by atoms with Gasteiger partial charge in [-0.1, -0.05) is 12.1 Å². The van der Waals surface area contributed by atoms with Crippen LogP contribution in [0.4, 0.5) is 10.1 Å². The van der Waals surface area contributed by atoms with Crippen molar-refractivity contribution in [2.75, 3.05) is 17.8 Å². The molecule has 1 aliphatic rings. The molecule has 0 aliphatic heterocycles.